The first kappa shape index (κ1) is 6.06. The van der Waals surface area contributed by atoms with Crippen LogP contribution in [0.25, 0.3) is 0 Å². The summed E-state index contributed by atoms with van der Waals surface area (Å²) in [5.41, 5.74) is 0. The number of alkyl halides is 2. The van der Waals surface area contributed by atoms with Crippen molar-refractivity contribution >= 4 is 55.7 Å². The largest absolute Gasteiger partial charge is 0.111 e. The molecule has 0 fully saturated rings. The zero-order valence-electron chi connectivity index (χ0n) is 3.00. The van der Waals surface area contributed by atoms with E-state index in [0.29, 0.717) is 38.4 Å². The van der Waals surface area contributed by atoms with E-state index in [1.807, 2.05) is 0 Å². The molecule has 0 aromatic heterocycles. The molecule has 3 heteroatoms. The lowest BCUT2D eigenvalue weighted by Crippen LogP contribution is -1.52. The van der Waals surface area contributed by atoms with E-state index in [0.717, 1.165) is 17.2 Å². The van der Waals surface area contributed by atoms with E-state index in [9.17, 15) is 0 Å². The van der Waals surface area contributed by atoms with Crippen molar-refractivity contribution in [3.8, 4) is 0 Å². The minimum Gasteiger partial charge on any atom is -0.111 e. The van der Waals surface area contributed by atoms with Gasteiger partial charge in [-0.1, -0.05) is 34.5 Å². The van der Waals surface area contributed by atoms with Crippen LogP contribution in [0.2, 0.25) is 0 Å². The van der Waals surface area contributed by atoms with Crippen LogP contribution in [0.1, 0.15) is 0 Å². The Kier molecular flexibility index (Phi) is 3.91. The zero-order chi connectivity index (χ0) is 4.24. The first-order valence-electron chi connectivity index (χ1n) is 1.45. The number of hydrogen-bond acceptors (Lipinski definition) is 0. The molecule has 0 unspecified atom stereocenters. The molecule has 0 saturated carbocycles. The standard InChI is InChI=1S/C3H4I3/c1-2-5-6-3-4-1/h1-2H,3H2. The predicted molar refractivity (Wildman–Crippen MR) is 56.1 cm³/mol. The normalized spacial score (nSPS) is 21.3. The summed E-state index contributed by atoms with van der Waals surface area (Å²) in [6, 6.07) is 0. The summed E-state index contributed by atoms with van der Waals surface area (Å²) in [6.07, 6.45) is 0. The molecule has 0 spiro atoms. The lowest BCUT2D eigenvalue weighted by atomic mass is 11.3. The highest BCUT2D eigenvalue weighted by molar-refractivity contribution is 15.1. The van der Waals surface area contributed by atoms with E-state index in [2.05, 4.69) is 8.17 Å². The second kappa shape index (κ2) is 3.88. The van der Waals surface area contributed by atoms with Crippen LogP contribution >= 0.6 is 55.7 Å². The fraction of sp³-hybridized carbons (Fsp3) is 0.333. The van der Waals surface area contributed by atoms with Crippen molar-refractivity contribution in [1.82, 2.24) is 0 Å². The smallest absolute Gasteiger partial charge is 0.0471 e. The molecule has 0 bridgehead atoms. The van der Waals surface area contributed by atoms with Crippen molar-refractivity contribution in [2.45, 2.75) is 0 Å². The Hall–Kier alpha value is 1.93. The molecule has 0 N–H and O–H groups in total. The Balaban J connectivity index is 2.26. The van der Waals surface area contributed by atoms with E-state index in [4.69, 9.17) is 0 Å². The maximum atomic E-state index is 2.48. The molecular weight excluding hydrogens is 417 g/mol. The molecule has 37 valence electrons. The molecule has 0 atom stereocenters. The molecule has 1 heterocycles. The lowest BCUT2D eigenvalue weighted by molar-refractivity contribution is 2.55. The molecular formula is C3H4I3. The van der Waals surface area contributed by atoms with Crippen LogP contribution in [-0.4, -0.2) is 2.43 Å². The molecule has 0 amide bonds. The third-order valence-electron chi connectivity index (χ3n) is 0.339. The van der Waals surface area contributed by atoms with Crippen LogP contribution in [-0.2, 0) is 0 Å². The van der Waals surface area contributed by atoms with Gasteiger partial charge in [-0.2, -0.15) is 0 Å². The molecule has 6 heavy (non-hydrogen) atoms. The minimum atomic E-state index is 0.611. The summed E-state index contributed by atoms with van der Waals surface area (Å²) >= 11 is 2.07. The van der Waals surface area contributed by atoms with Crippen molar-refractivity contribution in [3.05, 3.63) is 8.17 Å². The third kappa shape index (κ3) is 2.29. The van der Waals surface area contributed by atoms with Crippen LogP contribution in [0.5, 0.6) is 0 Å². The van der Waals surface area contributed by atoms with Gasteiger partial charge in [-0.3, -0.25) is 0 Å². The van der Waals surface area contributed by atoms with E-state index < -0.39 is 0 Å². The summed E-state index contributed by atoms with van der Waals surface area (Å²) < 4.78 is 6.61. The van der Waals surface area contributed by atoms with Crippen molar-refractivity contribution < 1.29 is 0 Å². The van der Waals surface area contributed by atoms with Crippen LogP contribution in [0.3, 0.4) is 0 Å². The van der Waals surface area contributed by atoms with Crippen molar-refractivity contribution in [2.75, 3.05) is 2.43 Å². The van der Waals surface area contributed by atoms with Gasteiger partial charge in [0.05, 0.1) is 0 Å². The summed E-state index contributed by atoms with van der Waals surface area (Å²) in [5.74, 6) is 0. The summed E-state index contributed by atoms with van der Waals surface area (Å²) in [6.45, 7) is 0. The molecule has 1 aliphatic rings. The van der Waals surface area contributed by atoms with E-state index >= 15 is 0 Å². The molecule has 0 aromatic carbocycles. The average Bonchev–Trinajstić information content (AvgIpc) is 1.72. The van der Waals surface area contributed by atoms with Gasteiger partial charge in [0.25, 0.3) is 0 Å². The molecule has 1 rings (SSSR count). The lowest BCUT2D eigenvalue weighted by Gasteiger charge is -1.96. The van der Waals surface area contributed by atoms with Crippen molar-refractivity contribution in [2.24, 2.45) is 0 Å². The fourth-order valence-corrected chi connectivity index (χ4v) is 23.3. The molecule has 0 aromatic rings. The second-order valence-electron chi connectivity index (χ2n) is 0.691. The highest BCUT2D eigenvalue weighted by Crippen LogP contribution is 2.49. The van der Waals surface area contributed by atoms with Crippen LogP contribution in [0, 0.1) is 0 Å². The van der Waals surface area contributed by atoms with Gasteiger partial charge >= 0.3 is 0 Å². The second-order valence-corrected chi connectivity index (χ2v) is 15.5. The first-order chi connectivity index (χ1) is 3.00. The average molecular weight is 421 g/mol. The Morgan fingerprint density at radius 3 is 2.50 bits per heavy atom. The predicted octanol–water partition coefficient (Wildman–Crippen LogP) is 3.26. The van der Waals surface area contributed by atoms with Crippen molar-refractivity contribution in [1.29, 1.82) is 0 Å². The van der Waals surface area contributed by atoms with Gasteiger partial charge in [-0.15, -0.1) is 21.2 Å². The van der Waals surface area contributed by atoms with Crippen LogP contribution in [0.4, 0.5) is 0 Å². The van der Waals surface area contributed by atoms with Gasteiger partial charge in [0.2, 0.25) is 0 Å². The summed E-state index contributed by atoms with van der Waals surface area (Å²) in [5, 5.41) is 0. The Labute approximate surface area is 65.0 Å². The van der Waals surface area contributed by atoms with E-state index in [1.54, 1.807) is 2.43 Å². The van der Waals surface area contributed by atoms with Crippen LogP contribution in [0.15, 0.2) is 8.17 Å². The topological polar surface area (TPSA) is 0 Å². The fourth-order valence-electron chi connectivity index (χ4n) is 0.163. The number of hydrogen-bond donors (Lipinski definition) is 0. The summed E-state index contributed by atoms with van der Waals surface area (Å²) in [4.78, 5) is 0. The molecule has 0 aliphatic carbocycles. The SMILES string of the molecule is C1=C[I][I]C[I]1. The molecule has 0 nitrogen and oxygen atoms in total. The molecule has 0 saturated heterocycles. The van der Waals surface area contributed by atoms with Gasteiger partial charge in [0.1, 0.15) is 0 Å². The third-order valence-corrected chi connectivity index (χ3v) is 21.7. The van der Waals surface area contributed by atoms with E-state index in [-0.39, 0.29) is 0 Å². The van der Waals surface area contributed by atoms with Gasteiger partial charge in [-0.05, 0) is 8.17 Å². The van der Waals surface area contributed by atoms with Gasteiger partial charge < -0.3 is 0 Å². The number of rotatable bonds is 0. The highest BCUT2D eigenvalue weighted by atomic mass is 128. The molecule has 3 radical (unpaired) electrons. The Bertz CT molecular complexity index is 51.1. The van der Waals surface area contributed by atoms with Gasteiger partial charge in [-0.25, -0.2) is 0 Å². The number of halogens is 3. The minimum absolute atomic E-state index is 0.611. The van der Waals surface area contributed by atoms with Gasteiger partial charge in [0.15, 0.2) is 0 Å². The Morgan fingerprint density at radius 2 is 2.33 bits per heavy atom. The highest BCUT2D eigenvalue weighted by Gasteiger charge is 1.88. The maximum Gasteiger partial charge on any atom is 0.0471 e. The van der Waals surface area contributed by atoms with Gasteiger partial charge in [0, 0.05) is 2.43 Å². The van der Waals surface area contributed by atoms with E-state index in [1.165, 1.54) is 0 Å². The van der Waals surface area contributed by atoms with Crippen LogP contribution < -0.4 is 0 Å². The zero-order valence-corrected chi connectivity index (χ0v) is 9.47. The molecule has 1 aliphatic heterocycles. The van der Waals surface area contributed by atoms with Crippen molar-refractivity contribution in [3.63, 3.8) is 0 Å². The summed E-state index contributed by atoms with van der Waals surface area (Å²) in [7, 11) is 0. The maximum absolute atomic E-state index is 2.48. The quantitative estimate of drug-likeness (QED) is 0.417. The Morgan fingerprint density at radius 1 is 1.33 bits per heavy atom. The first-order valence-corrected chi connectivity index (χ1v) is 13.3. The monoisotopic (exact) mass is 421 g/mol.